The average Bonchev–Trinajstić information content (AvgIpc) is 2.97. The smallest absolute Gasteiger partial charge is 0.323 e. The minimum absolute atomic E-state index is 0.0836. The number of hydrogen-bond acceptors (Lipinski definition) is 6. The van der Waals surface area contributed by atoms with E-state index in [0.29, 0.717) is 11.7 Å². The molecule has 156 valence electrons. The first-order chi connectivity index (χ1) is 13.2. The first-order valence-corrected chi connectivity index (χ1v) is 9.86. The molecule has 0 saturated heterocycles. The number of carbonyl (C=O) groups is 3. The molecule has 1 saturated carbocycles. The van der Waals surface area contributed by atoms with Crippen LogP contribution in [0.4, 0.5) is 0 Å². The van der Waals surface area contributed by atoms with Crippen LogP contribution in [0.15, 0.2) is 4.52 Å². The van der Waals surface area contributed by atoms with Crippen molar-refractivity contribution in [1.82, 2.24) is 20.4 Å². The maximum Gasteiger partial charge on any atom is 0.323 e. The second-order valence-corrected chi connectivity index (χ2v) is 7.70. The molecule has 2 N–H and O–H groups in total. The maximum absolute atomic E-state index is 12.4. The molecule has 1 aromatic rings. The van der Waals surface area contributed by atoms with Crippen molar-refractivity contribution in [3.05, 3.63) is 11.7 Å². The van der Waals surface area contributed by atoms with Crippen molar-refractivity contribution in [1.29, 1.82) is 0 Å². The van der Waals surface area contributed by atoms with Gasteiger partial charge in [-0.25, -0.2) is 0 Å². The largest absolute Gasteiger partial charge is 0.480 e. The third kappa shape index (κ3) is 5.77. The third-order valence-corrected chi connectivity index (χ3v) is 5.07. The Morgan fingerprint density at radius 3 is 2.39 bits per heavy atom. The SMILES string of the molecule is CC(=O)NC1(c2noc(CCC(=O)N(CC(=O)O)C(C)C)n2)CCCCCC1. The van der Waals surface area contributed by atoms with Crippen LogP contribution in [-0.4, -0.2) is 50.5 Å². The first-order valence-electron chi connectivity index (χ1n) is 9.86. The minimum Gasteiger partial charge on any atom is -0.480 e. The quantitative estimate of drug-likeness (QED) is 0.646. The molecular weight excluding hydrogens is 364 g/mol. The van der Waals surface area contributed by atoms with Gasteiger partial charge in [-0.1, -0.05) is 30.8 Å². The molecule has 0 spiro atoms. The summed E-state index contributed by atoms with van der Waals surface area (Å²) >= 11 is 0. The highest BCUT2D eigenvalue weighted by atomic mass is 16.5. The van der Waals surface area contributed by atoms with Crippen molar-refractivity contribution in [2.24, 2.45) is 0 Å². The van der Waals surface area contributed by atoms with E-state index in [1.807, 2.05) is 0 Å². The molecule has 9 nitrogen and oxygen atoms in total. The molecule has 2 amide bonds. The zero-order valence-electron chi connectivity index (χ0n) is 16.9. The highest BCUT2D eigenvalue weighted by Gasteiger charge is 2.38. The summed E-state index contributed by atoms with van der Waals surface area (Å²) in [6.07, 6.45) is 5.98. The first kappa shape index (κ1) is 21.8. The van der Waals surface area contributed by atoms with Crippen molar-refractivity contribution in [3.63, 3.8) is 0 Å². The molecule has 1 aliphatic carbocycles. The summed E-state index contributed by atoms with van der Waals surface area (Å²) < 4.78 is 5.34. The van der Waals surface area contributed by atoms with Crippen LogP contribution in [0.2, 0.25) is 0 Å². The molecule has 0 aliphatic heterocycles. The lowest BCUT2D eigenvalue weighted by atomic mass is 9.89. The van der Waals surface area contributed by atoms with Crippen molar-refractivity contribution < 1.29 is 24.0 Å². The molecule has 0 radical (unpaired) electrons. The molecule has 9 heteroatoms. The average molecular weight is 394 g/mol. The van der Waals surface area contributed by atoms with Gasteiger partial charge >= 0.3 is 5.97 Å². The summed E-state index contributed by atoms with van der Waals surface area (Å²) in [5, 5.41) is 16.1. The summed E-state index contributed by atoms with van der Waals surface area (Å²) in [5.41, 5.74) is -0.624. The van der Waals surface area contributed by atoms with Gasteiger partial charge in [-0.05, 0) is 26.7 Å². The van der Waals surface area contributed by atoms with Crippen molar-refractivity contribution >= 4 is 17.8 Å². The van der Waals surface area contributed by atoms with Gasteiger partial charge in [0.2, 0.25) is 17.7 Å². The lowest BCUT2D eigenvalue weighted by Crippen LogP contribution is -2.45. The van der Waals surface area contributed by atoms with Crippen LogP contribution in [0.3, 0.4) is 0 Å². The van der Waals surface area contributed by atoms with Crippen LogP contribution < -0.4 is 5.32 Å². The predicted octanol–water partition coefficient (Wildman–Crippen LogP) is 2.01. The zero-order chi connectivity index (χ0) is 20.7. The number of carboxylic acids is 1. The number of carbonyl (C=O) groups excluding carboxylic acids is 2. The number of amides is 2. The van der Waals surface area contributed by atoms with Gasteiger partial charge in [-0.15, -0.1) is 0 Å². The summed E-state index contributed by atoms with van der Waals surface area (Å²) in [6.45, 7) is 4.69. The number of carboxylic acid groups (broad SMARTS) is 1. The third-order valence-electron chi connectivity index (χ3n) is 5.07. The van der Waals surface area contributed by atoms with Crippen molar-refractivity contribution in [2.75, 3.05) is 6.54 Å². The number of rotatable bonds is 8. The molecule has 28 heavy (non-hydrogen) atoms. The van der Waals surface area contributed by atoms with Crippen molar-refractivity contribution in [3.8, 4) is 0 Å². The molecule has 1 aromatic heterocycles. The van der Waals surface area contributed by atoms with E-state index < -0.39 is 11.5 Å². The topological polar surface area (TPSA) is 126 Å². The van der Waals surface area contributed by atoms with Gasteiger partial charge in [-0.3, -0.25) is 14.4 Å². The molecule has 2 rings (SSSR count). The Balaban J connectivity index is 2.08. The van der Waals surface area contributed by atoms with Crippen molar-refractivity contribution in [2.45, 2.75) is 83.7 Å². The molecular formula is C19H30N4O5. The van der Waals surface area contributed by atoms with E-state index in [0.717, 1.165) is 38.5 Å². The fourth-order valence-corrected chi connectivity index (χ4v) is 3.69. The molecule has 0 atom stereocenters. The van der Waals surface area contributed by atoms with Crippen LogP contribution in [-0.2, 0) is 26.3 Å². The van der Waals surface area contributed by atoms with Gasteiger partial charge in [0.15, 0.2) is 5.82 Å². The van der Waals surface area contributed by atoms with E-state index >= 15 is 0 Å². The van der Waals surface area contributed by atoms with Crippen LogP contribution in [0.1, 0.15) is 77.4 Å². The summed E-state index contributed by atoms with van der Waals surface area (Å²) in [5.74, 6) is -0.685. The number of aryl methyl sites for hydroxylation is 1. The number of aromatic nitrogens is 2. The number of hydrogen-bond donors (Lipinski definition) is 2. The van der Waals surface area contributed by atoms with E-state index in [9.17, 15) is 14.4 Å². The van der Waals surface area contributed by atoms with Gasteiger partial charge < -0.3 is 19.8 Å². The fourth-order valence-electron chi connectivity index (χ4n) is 3.69. The molecule has 0 aromatic carbocycles. The predicted molar refractivity (Wildman–Crippen MR) is 100 cm³/mol. The lowest BCUT2D eigenvalue weighted by Gasteiger charge is -2.30. The highest BCUT2D eigenvalue weighted by Crippen LogP contribution is 2.34. The lowest BCUT2D eigenvalue weighted by molar-refractivity contribution is -0.145. The monoisotopic (exact) mass is 394 g/mol. The van der Waals surface area contributed by atoms with Crippen LogP contribution in [0, 0.1) is 0 Å². The maximum atomic E-state index is 12.4. The molecule has 0 bridgehead atoms. The van der Waals surface area contributed by atoms with E-state index in [4.69, 9.17) is 9.63 Å². The van der Waals surface area contributed by atoms with Crippen LogP contribution >= 0.6 is 0 Å². The van der Waals surface area contributed by atoms with E-state index in [1.54, 1.807) is 13.8 Å². The fraction of sp³-hybridized carbons (Fsp3) is 0.737. The van der Waals surface area contributed by atoms with Gasteiger partial charge in [0.25, 0.3) is 0 Å². The van der Waals surface area contributed by atoms with E-state index in [2.05, 4.69) is 15.5 Å². The molecule has 1 heterocycles. The molecule has 1 fully saturated rings. The Bertz CT molecular complexity index is 692. The Labute approximate surface area is 164 Å². The van der Waals surface area contributed by atoms with Gasteiger partial charge in [0, 0.05) is 25.8 Å². The normalized spacial score (nSPS) is 16.4. The Morgan fingerprint density at radius 2 is 1.86 bits per heavy atom. The Kier molecular flexibility index (Phi) is 7.53. The van der Waals surface area contributed by atoms with Gasteiger partial charge in [-0.2, -0.15) is 4.98 Å². The minimum atomic E-state index is -1.05. The van der Waals surface area contributed by atoms with Crippen LogP contribution in [0.5, 0.6) is 0 Å². The van der Waals surface area contributed by atoms with E-state index in [1.165, 1.54) is 11.8 Å². The summed E-state index contributed by atoms with van der Waals surface area (Å²) in [6, 6.07) is -0.212. The van der Waals surface area contributed by atoms with E-state index in [-0.39, 0.29) is 37.2 Å². The van der Waals surface area contributed by atoms with Crippen LogP contribution in [0.25, 0.3) is 0 Å². The number of nitrogens with zero attached hydrogens (tertiary/aromatic N) is 3. The standard InChI is InChI=1S/C19H30N4O5/c1-13(2)23(12-17(26)27)16(25)9-8-15-20-18(22-28-15)19(21-14(3)24)10-6-4-5-7-11-19/h13H,4-12H2,1-3H3,(H,21,24)(H,26,27). The summed E-state index contributed by atoms with van der Waals surface area (Å²) in [7, 11) is 0. The Hall–Kier alpha value is -2.45. The number of nitrogens with one attached hydrogen (secondary N) is 1. The number of aliphatic carboxylic acids is 1. The Morgan fingerprint density at radius 1 is 1.21 bits per heavy atom. The zero-order valence-corrected chi connectivity index (χ0v) is 16.9. The molecule has 0 unspecified atom stereocenters. The second kappa shape index (κ2) is 9.66. The second-order valence-electron chi connectivity index (χ2n) is 7.70. The molecule has 1 aliphatic rings. The van der Waals surface area contributed by atoms with Gasteiger partial charge in [0.05, 0.1) is 0 Å². The summed E-state index contributed by atoms with van der Waals surface area (Å²) in [4.78, 5) is 40.8. The van der Waals surface area contributed by atoms with Gasteiger partial charge in [0.1, 0.15) is 12.1 Å². The highest BCUT2D eigenvalue weighted by molar-refractivity contribution is 5.81.